The summed E-state index contributed by atoms with van der Waals surface area (Å²) in [6.07, 6.45) is -1.85. The molecule has 3 heterocycles. The summed E-state index contributed by atoms with van der Waals surface area (Å²) in [7, 11) is 0. The molecular weight excluding hydrogens is 254 g/mol. The largest absolute Gasteiger partial charge is 0.350 e. The molecule has 0 aromatic rings. The summed E-state index contributed by atoms with van der Waals surface area (Å²) in [5, 5.41) is 9.16. The van der Waals surface area contributed by atoms with Crippen LogP contribution in [0.4, 0.5) is 0 Å². The molecule has 7 nitrogen and oxygen atoms in total. The first kappa shape index (κ1) is 13.7. The van der Waals surface area contributed by atoms with E-state index >= 15 is 0 Å². The summed E-state index contributed by atoms with van der Waals surface area (Å²) in [6, 6.07) is 0. The molecule has 3 aliphatic heterocycles. The van der Waals surface area contributed by atoms with Crippen LogP contribution in [0.2, 0.25) is 0 Å². The van der Waals surface area contributed by atoms with E-state index in [9.17, 15) is 0 Å². The van der Waals surface area contributed by atoms with Crippen LogP contribution in [0.1, 0.15) is 27.7 Å². The van der Waals surface area contributed by atoms with Crippen LogP contribution >= 0.6 is 0 Å². The highest BCUT2D eigenvalue weighted by Gasteiger charge is 2.58. The van der Waals surface area contributed by atoms with Gasteiger partial charge in [-0.05, 0) is 27.7 Å². The molecule has 5 atom stereocenters. The van der Waals surface area contributed by atoms with Crippen molar-refractivity contribution in [2.24, 2.45) is 0 Å². The molecule has 0 saturated carbocycles. The second-order valence-corrected chi connectivity index (χ2v) is 6.08. The molecule has 3 rings (SSSR count). The van der Waals surface area contributed by atoms with E-state index < -0.39 is 17.8 Å². The van der Waals surface area contributed by atoms with E-state index in [0.29, 0.717) is 6.61 Å². The van der Waals surface area contributed by atoms with Crippen LogP contribution in [0.3, 0.4) is 0 Å². The molecule has 0 aromatic carbocycles. The van der Waals surface area contributed by atoms with E-state index in [2.05, 4.69) is 5.48 Å². The molecule has 0 aromatic heterocycles. The number of nitrogens with one attached hydrogen (secondary N) is 1. The van der Waals surface area contributed by atoms with Gasteiger partial charge in [-0.3, -0.25) is 0 Å². The highest BCUT2D eigenvalue weighted by Crippen LogP contribution is 2.41. The Hall–Kier alpha value is -0.280. The fourth-order valence-corrected chi connectivity index (χ4v) is 2.91. The van der Waals surface area contributed by atoms with Gasteiger partial charge in [0.15, 0.2) is 17.8 Å². The van der Waals surface area contributed by atoms with E-state index in [-0.39, 0.29) is 24.4 Å². The summed E-state index contributed by atoms with van der Waals surface area (Å²) in [5.41, 5.74) is 2.12. The highest BCUT2D eigenvalue weighted by molar-refractivity contribution is 5.00. The fourth-order valence-electron chi connectivity index (χ4n) is 2.91. The monoisotopic (exact) mass is 275 g/mol. The predicted molar refractivity (Wildman–Crippen MR) is 62.3 cm³/mol. The van der Waals surface area contributed by atoms with Crippen LogP contribution in [0.15, 0.2) is 0 Å². The summed E-state index contributed by atoms with van der Waals surface area (Å²) >= 11 is 0. The third-order valence-corrected chi connectivity index (χ3v) is 3.61. The van der Waals surface area contributed by atoms with Crippen LogP contribution in [0.5, 0.6) is 0 Å². The van der Waals surface area contributed by atoms with Crippen molar-refractivity contribution in [3.05, 3.63) is 0 Å². The zero-order valence-corrected chi connectivity index (χ0v) is 11.6. The molecule has 0 amide bonds. The molecular formula is C12H21NO6. The number of hydrogen-bond acceptors (Lipinski definition) is 7. The van der Waals surface area contributed by atoms with Gasteiger partial charge < -0.3 is 28.9 Å². The number of fused-ring (bicyclic) bond motifs is 1. The van der Waals surface area contributed by atoms with Crippen LogP contribution in [-0.4, -0.2) is 54.0 Å². The van der Waals surface area contributed by atoms with E-state index in [1.807, 2.05) is 27.7 Å². The average molecular weight is 275 g/mol. The smallest absolute Gasteiger partial charge is 0.164 e. The Balaban J connectivity index is 1.76. The number of hydrogen-bond donors (Lipinski definition) is 2. The van der Waals surface area contributed by atoms with Crippen LogP contribution in [0, 0.1) is 0 Å². The third kappa shape index (κ3) is 2.40. The average Bonchev–Trinajstić information content (AvgIpc) is 2.89. The minimum absolute atomic E-state index is 0.238. The van der Waals surface area contributed by atoms with E-state index in [1.54, 1.807) is 0 Å². The SMILES string of the molecule is CC1(C)OCC(C2OC(NO)[C@H]3OC(C)(C)O[C@@H]23)O1. The van der Waals surface area contributed by atoms with Gasteiger partial charge in [0.1, 0.15) is 24.4 Å². The predicted octanol–water partition coefficient (Wildman–Crippen LogP) is 0.362. The summed E-state index contributed by atoms with van der Waals surface area (Å²) < 4.78 is 28.7. The van der Waals surface area contributed by atoms with Crippen LogP contribution < -0.4 is 5.48 Å². The second kappa shape index (κ2) is 4.36. The lowest BCUT2D eigenvalue weighted by Gasteiger charge is -2.26. The van der Waals surface area contributed by atoms with E-state index in [4.69, 9.17) is 28.9 Å². The first-order valence-corrected chi connectivity index (χ1v) is 6.54. The van der Waals surface area contributed by atoms with Gasteiger partial charge in [-0.25, -0.2) is 0 Å². The van der Waals surface area contributed by atoms with Gasteiger partial charge in [-0.15, -0.1) is 0 Å². The van der Waals surface area contributed by atoms with E-state index in [1.165, 1.54) is 0 Å². The van der Waals surface area contributed by atoms with Crippen molar-refractivity contribution < 1.29 is 28.9 Å². The van der Waals surface area contributed by atoms with Gasteiger partial charge in [0.05, 0.1) is 6.61 Å². The number of rotatable bonds is 2. The molecule has 7 heteroatoms. The Morgan fingerprint density at radius 2 is 1.63 bits per heavy atom. The summed E-state index contributed by atoms with van der Waals surface area (Å²) in [5.74, 6) is -1.31. The maximum Gasteiger partial charge on any atom is 0.164 e. The standard InChI is InChI=1S/C12H21NO6/c1-11(2)15-5-6(17-11)7-8-9(10(13-14)16-7)19-12(3,4)18-8/h6-10,13-14H,5H2,1-4H3/t6?,7?,8-,9-,10?/m0/s1. The van der Waals surface area contributed by atoms with Crippen molar-refractivity contribution in [1.29, 1.82) is 0 Å². The van der Waals surface area contributed by atoms with Gasteiger partial charge >= 0.3 is 0 Å². The Morgan fingerprint density at radius 1 is 0.947 bits per heavy atom. The zero-order valence-electron chi connectivity index (χ0n) is 11.6. The summed E-state index contributed by atoms with van der Waals surface area (Å²) in [4.78, 5) is 0. The number of ether oxygens (including phenoxy) is 5. The molecule has 2 N–H and O–H groups in total. The molecule has 3 aliphatic rings. The molecule has 0 radical (unpaired) electrons. The van der Waals surface area contributed by atoms with Crippen LogP contribution in [0.25, 0.3) is 0 Å². The van der Waals surface area contributed by atoms with Crippen molar-refractivity contribution in [3.8, 4) is 0 Å². The van der Waals surface area contributed by atoms with Crippen molar-refractivity contribution >= 4 is 0 Å². The lowest BCUT2D eigenvalue weighted by molar-refractivity contribution is -0.218. The molecule has 0 aliphatic carbocycles. The minimum Gasteiger partial charge on any atom is -0.350 e. The Kier molecular flexibility index (Phi) is 3.14. The molecule has 3 fully saturated rings. The van der Waals surface area contributed by atoms with Crippen molar-refractivity contribution in [2.45, 2.75) is 69.9 Å². The molecule has 19 heavy (non-hydrogen) atoms. The number of hydroxylamine groups is 1. The maximum atomic E-state index is 9.16. The quantitative estimate of drug-likeness (QED) is 0.704. The third-order valence-electron chi connectivity index (χ3n) is 3.61. The molecule has 3 saturated heterocycles. The Bertz CT molecular complexity index is 360. The minimum atomic E-state index is -0.693. The van der Waals surface area contributed by atoms with Gasteiger partial charge in [0, 0.05) is 0 Å². The first-order chi connectivity index (χ1) is 8.81. The lowest BCUT2D eigenvalue weighted by atomic mass is 10.1. The first-order valence-electron chi connectivity index (χ1n) is 6.54. The van der Waals surface area contributed by atoms with Gasteiger partial charge in [-0.1, -0.05) is 0 Å². The van der Waals surface area contributed by atoms with E-state index in [0.717, 1.165) is 0 Å². The maximum absolute atomic E-state index is 9.16. The lowest BCUT2D eigenvalue weighted by Crippen LogP contribution is -2.40. The van der Waals surface area contributed by atoms with Gasteiger partial charge in [-0.2, -0.15) is 5.48 Å². The van der Waals surface area contributed by atoms with Gasteiger partial charge in [0.2, 0.25) is 0 Å². The summed E-state index contributed by atoms with van der Waals surface area (Å²) in [6.45, 7) is 7.83. The second-order valence-electron chi connectivity index (χ2n) is 6.08. The highest BCUT2D eigenvalue weighted by atomic mass is 16.8. The zero-order chi connectivity index (χ0) is 13.8. The van der Waals surface area contributed by atoms with Crippen molar-refractivity contribution in [1.82, 2.24) is 5.48 Å². The normalized spacial score (nSPS) is 47.5. The molecule has 110 valence electrons. The Morgan fingerprint density at radius 3 is 2.21 bits per heavy atom. The Labute approximate surface area is 112 Å². The van der Waals surface area contributed by atoms with Crippen LogP contribution in [-0.2, 0) is 23.7 Å². The van der Waals surface area contributed by atoms with Crippen molar-refractivity contribution in [3.63, 3.8) is 0 Å². The topological polar surface area (TPSA) is 78.4 Å². The molecule has 0 spiro atoms. The molecule has 3 unspecified atom stereocenters. The fraction of sp³-hybridized carbons (Fsp3) is 1.00. The molecule has 0 bridgehead atoms. The van der Waals surface area contributed by atoms with Crippen molar-refractivity contribution in [2.75, 3.05) is 6.61 Å². The van der Waals surface area contributed by atoms with Gasteiger partial charge in [0.25, 0.3) is 0 Å².